The summed E-state index contributed by atoms with van der Waals surface area (Å²) in [6, 6.07) is 17.4. The van der Waals surface area contributed by atoms with E-state index in [-0.39, 0.29) is 11.6 Å². The molecule has 0 spiro atoms. The second-order valence-corrected chi connectivity index (χ2v) is 7.30. The van der Waals surface area contributed by atoms with Gasteiger partial charge in [0.25, 0.3) is 0 Å². The lowest BCUT2D eigenvalue weighted by Gasteiger charge is -2.42. The van der Waals surface area contributed by atoms with Crippen molar-refractivity contribution >= 4 is 0 Å². The smallest absolute Gasteiger partial charge is 0.132 e. The SMILES string of the molecule is CC(C)(N)C1CCCN1C1c2ccccc2Oc2ccccc21. The fraction of sp³-hybridized carbons (Fsp3) is 0.400. The first kappa shape index (κ1) is 14.7. The Balaban J connectivity index is 1.85. The average molecular weight is 308 g/mol. The molecule has 120 valence electrons. The quantitative estimate of drug-likeness (QED) is 0.908. The number of rotatable bonds is 2. The van der Waals surface area contributed by atoms with Gasteiger partial charge in [-0.3, -0.25) is 4.90 Å². The van der Waals surface area contributed by atoms with Crippen molar-refractivity contribution in [3.63, 3.8) is 0 Å². The molecule has 0 bridgehead atoms. The topological polar surface area (TPSA) is 38.5 Å². The molecule has 2 aromatic rings. The van der Waals surface area contributed by atoms with Gasteiger partial charge in [0.05, 0.1) is 6.04 Å². The van der Waals surface area contributed by atoms with Gasteiger partial charge in [-0.25, -0.2) is 0 Å². The molecule has 23 heavy (non-hydrogen) atoms. The molecule has 0 saturated carbocycles. The van der Waals surface area contributed by atoms with Crippen molar-refractivity contribution in [2.45, 2.75) is 44.3 Å². The molecule has 0 amide bonds. The standard InChI is InChI=1S/C20H24N2O/c1-20(2,21)18-12-7-13-22(18)19-14-8-3-5-10-16(14)23-17-11-6-4-9-15(17)19/h3-6,8-11,18-19H,7,12-13,21H2,1-2H3. The Morgan fingerprint density at radius 2 is 1.57 bits per heavy atom. The highest BCUT2D eigenvalue weighted by molar-refractivity contribution is 5.53. The molecule has 0 radical (unpaired) electrons. The summed E-state index contributed by atoms with van der Waals surface area (Å²) in [4.78, 5) is 2.58. The molecule has 2 heterocycles. The van der Waals surface area contributed by atoms with Crippen molar-refractivity contribution in [1.82, 2.24) is 4.90 Å². The van der Waals surface area contributed by atoms with Gasteiger partial charge in [0, 0.05) is 22.7 Å². The molecular formula is C20H24N2O. The van der Waals surface area contributed by atoms with Crippen LogP contribution in [0.25, 0.3) is 0 Å². The third-order valence-electron chi connectivity index (χ3n) is 5.13. The number of para-hydroxylation sites is 2. The van der Waals surface area contributed by atoms with Crippen molar-refractivity contribution in [1.29, 1.82) is 0 Å². The van der Waals surface area contributed by atoms with Crippen molar-refractivity contribution in [2.24, 2.45) is 5.73 Å². The Kier molecular flexibility index (Phi) is 3.43. The van der Waals surface area contributed by atoms with E-state index in [1.165, 1.54) is 17.5 Å². The predicted molar refractivity (Wildman–Crippen MR) is 92.8 cm³/mol. The highest BCUT2D eigenvalue weighted by Gasteiger charge is 2.42. The van der Waals surface area contributed by atoms with Crippen LogP contribution in [0.2, 0.25) is 0 Å². The Morgan fingerprint density at radius 1 is 1.00 bits per heavy atom. The summed E-state index contributed by atoms with van der Waals surface area (Å²) in [5.74, 6) is 1.94. The molecule has 1 atom stereocenters. The van der Waals surface area contributed by atoms with E-state index < -0.39 is 0 Å². The lowest BCUT2D eigenvalue weighted by atomic mass is 9.88. The van der Waals surface area contributed by atoms with Gasteiger partial charge in [0.15, 0.2) is 0 Å². The summed E-state index contributed by atoms with van der Waals surface area (Å²) in [6.07, 6.45) is 2.36. The molecule has 1 unspecified atom stereocenters. The van der Waals surface area contributed by atoms with E-state index in [1.807, 2.05) is 12.1 Å². The lowest BCUT2D eigenvalue weighted by molar-refractivity contribution is 0.142. The van der Waals surface area contributed by atoms with Gasteiger partial charge in [-0.05, 0) is 45.4 Å². The van der Waals surface area contributed by atoms with Crippen LogP contribution in [-0.4, -0.2) is 23.0 Å². The maximum absolute atomic E-state index is 6.50. The first-order valence-corrected chi connectivity index (χ1v) is 8.46. The molecular weight excluding hydrogens is 284 g/mol. The molecule has 1 saturated heterocycles. The van der Waals surface area contributed by atoms with Crippen molar-refractivity contribution < 1.29 is 4.74 Å². The number of fused-ring (bicyclic) bond motifs is 2. The van der Waals surface area contributed by atoms with Crippen molar-refractivity contribution in [3.05, 3.63) is 59.7 Å². The van der Waals surface area contributed by atoms with E-state index in [1.54, 1.807) is 0 Å². The number of benzene rings is 2. The fourth-order valence-corrected chi connectivity index (χ4v) is 4.14. The molecule has 2 N–H and O–H groups in total. The van der Waals surface area contributed by atoms with Crippen molar-refractivity contribution in [2.75, 3.05) is 6.54 Å². The lowest BCUT2D eigenvalue weighted by Crippen LogP contribution is -2.53. The number of hydrogen-bond acceptors (Lipinski definition) is 3. The normalized spacial score (nSPS) is 21.6. The molecule has 2 aliphatic heterocycles. The van der Waals surface area contributed by atoms with Gasteiger partial charge in [-0.2, -0.15) is 0 Å². The van der Waals surface area contributed by atoms with E-state index in [0.29, 0.717) is 6.04 Å². The fourth-order valence-electron chi connectivity index (χ4n) is 4.14. The highest BCUT2D eigenvalue weighted by atomic mass is 16.5. The van der Waals surface area contributed by atoms with Crippen LogP contribution in [0.15, 0.2) is 48.5 Å². The summed E-state index contributed by atoms with van der Waals surface area (Å²) in [6.45, 7) is 5.37. The van der Waals surface area contributed by atoms with Gasteiger partial charge in [0.1, 0.15) is 11.5 Å². The van der Waals surface area contributed by atoms with Gasteiger partial charge < -0.3 is 10.5 Å². The summed E-state index contributed by atoms with van der Waals surface area (Å²) < 4.78 is 6.13. The Hall–Kier alpha value is -1.84. The summed E-state index contributed by atoms with van der Waals surface area (Å²) in [7, 11) is 0. The summed E-state index contributed by atoms with van der Waals surface area (Å²) in [5.41, 5.74) is 8.80. The first-order chi connectivity index (χ1) is 11.1. The van der Waals surface area contributed by atoms with Crippen LogP contribution in [0.1, 0.15) is 43.9 Å². The minimum Gasteiger partial charge on any atom is -0.457 e. The maximum Gasteiger partial charge on any atom is 0.132 e. The van der Waals surface area contributed by atoms with E-state index in [0.717, 1.165) is 24.5 Å². The number of likely N-dealkylation sites (tertiary alicyclic amines) is 1. The monoisotopic (exact) mass is 308 g/mol. The number of nitrogens with two attached hydrogens (primary N) is 1. The average Bonchev–Trinajstić information content (AvgIpc) is 3.02. The molecule has 2 aromatic carbocycles. The second kappa shape index (κ2) is 5.36. The van der Waals surface area contributed by atoms with Crippen LogP contribution in [0.3, 0.4) is 0 Å². The largest absolute Gasteiger partial charge is 0.457 e. The van der Waals surface area contributed by atoms with Gasteiger partial charge in [-0.1, -0.05) is 36.4 Å². The summed E-state index contributed by atoms with van der Waals surface area (Å²) >= 11 is 0. The van der Waals surface area contributed by atoms with E-state index in [2.05, 4.69) is 55.1 Å². The zero-order chi connectivity index (χ0) is 16.0. The van der Waals surface area contributed by atoms with Crippen LogP contribution in [-0.2, 0) is 0 Å². The van der Waals surface area contributed by atoms with Crippen LogP contribution >= 0.6 is 0 Å². The van der Waals surface area contributed by atoms with E-state index in [9.17, 15) is 0 Å². The number of ether oxygens (including phenoxy) is 1. The van der Waals surface area contributed by atoms with Crippen LogP contribution in [0.4, 0.5) is 0 Å². The Morgan fingerprint density at radius 3 is 2.13 bits per heavy atom. The maximum atomic E-state index is 6.50. The van der Waals surface area contributed by atoms with Crippen LogP contribution in [0, 0.1) is 0 Å². The van der Waals surface area contributed by atoms with E-state index in [4.69, 9.17) is 10.5 Å². The molecule has 0 aromatic heterocycles. The molecule has 0 aliphatic carbocycles. The zero-order valence-corrected chi connectivity index (χ0v) is 13.8. The highest BCUT2D eigenvalue weighted by Crippen LogP contribution is 2.48. The zero-order valence-electron chi connectivity index (χ0n) is 13.8. The minimum absolute atomic E-state index is 0.210. The molecule has 1 fully saturated rings. The minimum atomic E-state index is -0.210. The number of nitrogens with zero attached hydrogens (tertiary/aromatic N) is 1. The first-order valence-electron chi connectivity index (χ1n) is 8.46. The van der Waals surface area contributed by atoms with Crippen molar-refractivity contribution in [3.8, 4) is 11.5 Å². The predicted octanol–water partition coefficient (Wildman–Crippen LogP) is 4.08. The third-order valence-corrected chi connectivity index (χ3v) is 5.13. The van der Waals surface area contributed by atoms with Gasteiger partial charge >= 0.3 is 0 Å². The van der Waals surface area contributed by atoms with Crippen LogP contribution in [0.5, 0.6) is 11.5 Å². The molecule has 4 rings (SSSR count). The molecule has 3 heteroatoms. The molecule has 3 nitrogen and oxygen atoms in total. The third kappa shape index (κ3) is 2.44. The van der Waals surface area contributed by atoms with Crippen LogP contribution < -0.4 is 10.5 Å². The van der Waals surface area contributed by atoms with Gasteiger partial charge in [-0.15, -0.1) is 0 Å². The molecule has 2 aliphatic rings. The summed E-state index contributed by atoms with van der Waals surface area (Å²) in [5, 5.41) is 0. The Bertz CT molecular complexity index is 674. The number of hydrogen-bond donors (Lipinski definition) is 1. The van der Waals surface area contributed by atoms with Gasteiger partial charge in [0.2, 0.25) is 0 Å². The van der Waals surface area contributed by atoms with E-state index >= 15 is 0 Å². The second-order valence-electron chi connectivity index (χ2n) is 7.30. The Labute approximate surface area is 138 Å².